The van der Waals surface area contributed by atoms with E-state index >= 15 is 0 Å². The Hall–Kier alpha value is -1.75. The van der Waals surface area contributed by atoms with Crippen LogP contribution in [0, 0.1) is 18.3 Å². The van der Waals surface area contributed by atoms with E-state index in [2.05, 4.69) is 31.2 Å². The van der Waals surface area contributed by atoms with Gasteiger partial charge in [-0.05, 0) is 29.5 Å². The fourth-order valence-electron chi connectivity index (χ4n) is 1.92. The molecule has 0 fully saturated rings. The molecular weight excluding hydrogens is 210 g/mol. The molecule has 0 heterocycles. The first-order valence-corrected chi connectivity index (χ1v) is 5.85. The number of hydrogen-bond donors (Lipinski definition) is 1. The minimum absolute atomic E-state index is 0.0554. The lowest BCUT2D eigenvalue weighted by molar-refractivity contribution is -0.114. The maximum atomic E-state index is 11.0. The molecule has 90 valence electrons. The average molecular weight is 229 g/mol. The molecule has 2 nitrogen and oxygen atoms in total. The van der Waals surface area contributed by atoms with E-state index in [9.17, 15) is 4.79 Å². The maximum Gasteiger partial charge on any atom is 0.221 e. The predicted octanol–water partition coefficient (Wildman–Crippen LogP) is 3.41. The predicted molar refractivity (Wildman–Crippen MR) is 71.8 cm³/mol. The summed E-state index contributed by atoms with van der Waals surface area (Å²) in [4.78, 5) is 11.0. The van der Waals surface area contributed by atoms with Gasteiger partial charge in [0, 0.05) is 19.0 Å². The van der Waals surface area contributed by atoms with Crippen LogP contribution in [0.25, 0.3) is 0 Å². The van der Waals surface area contributed by atoms with E-state index in [1.165, 1.54) is 12.5 Å². The Balaban J connectivity index is 2.96. The third-order valence-corrected chi connectivity index (χ3v) is 2.78. The van der Waals surface area contributed by atoms with E-state index in [4.69, 9.17) is 6.42 Å². The Morgan fingerprint density at radius 3 is 2.71 bits per heavy atom. The minimum atomic E-state index is -0.0554. The molecule has 0 bridgehead atoms. The number of benzene rings is 1. The number of rotatable bonds is 4. The van der Waals surface area contributed by atoms with Gasteiger partial charge in [0.05, 0.1) is 0 Å². The van der Waals surface area contributed by atoms with Crippen LogP contribution in [0.4, 0.5) is 5.69 Å². The van der Waals surface area contributed by atoms with Gasteiger partial charge < -0.3 is 5.32 Å². The van der Waals surface area contributed by atoms with E-state index in [0.29, 0.717) is 11.8 Å². The Morgan fingerprint density at radius 1 is 1.47 bits per heavy atom. The Morgan fingerprint density at radius 2 is 2.18 bits per heavy atom. The second kappa shape index (κ2) is 6.10. The number of hydrogen-bond acceptors (Lipinski definition) is 1. The van der Waals surface area contributed by atoms with Crippen molar-refractivity contribution in [2.24, 2.45) is 5.92 Å². The van der Waals surface area contributed by atoms with Gasteiger partial charge in [-0.25, -0.2) is 0 Å². The molecule has 0 saturated heterocycles. The van der Waals surface area contributed by atoms with Crippen LogP contribution in [-0.4, -0.2) is 5.91 Å². The lowest BCUT2D eigenvalue weighted by atomic mass is 9.86. The topological polar surface area (TPSA) is 29.1 Å². The SMILES string of the molecule is C#CCC(c1cccc(NC(C)=O)c1)C(C)C. The highest BCUT2D eigenvalue weighted by molar-refractivity contribution is 5.88. The third kappa shape index (κ3) is 3.96. The summed E-state index contributed by atoms with van der Waals surface area (Å²) in [6, 6.07) is 7.90. The highest BCUT2D eigenvalue weighted by Gasteiger charge is 2.15. The molecule has 1 aromatic carbocycles. The van der Waals surface area contributed by atoms with Gasteiger partial charge in [-0.15, -0.1) is 12.3 Å². The molecule has 1 N–H and O–H groups in total. The highest BCUT2D eigenvalue weighted by atomic mass is 16.1. The number of anilines is 1. The number of nitrogens with one attached hydrogen (secondary N) is 1. The van der Waals surface area contributed by atoms with Crippen molar-refractivity contribution >= 4 is 11.6 Å². The fraction of sp³-hybridized carbons (Fsp3) is 0.400. The quantitative estimate of drug-likeness (QED) is 0.788. The summed E-state index contributed by atoms with van der Waals surface area (Å²) in [5.41, 5.74) is 2.02. The van der Waals surface area contributed by atoms with E-state index in [0.717, 1.165) is 12.1 Å². The molecule has 0 spiro atoms. The summed E-state index contributed by atoms with van der Waals surface area (Å²) >= 11 is 0. The maximum absolute atomic E-state index is 11.0. The average Bonchev–Trinajstić information content (AvgIpc) is 2.24. The summed E-state index contributed by atoms with van der Waals surface area (Å²) in [5.74, 6) is 3.49. The molecule has 1 atom stereocenters. The van der Waals surface area contributed by atoms with Crippen molar-refractivity contribution in [3.05, 3.63) is 29.8 Å². The van der Waals surface area contributed by atoms with Crippen LogP contribution in [0.2, 0.25) is 0 Å². The van der Waals surface area contributed by atoms with Crippen molar-refractivity contribution in [1.82, 2.24) is 0 Å². The zero-order valence-corrected chi connectivity index (χ0v) is 10.7. The van der Waals surface area contributed by atoms with Crippen LogP contribution < -0.4 is 5.32 Å². The fourth-order valence-corrected chi connectivity index (χ4v) is 1.92. The van der Waals surface area contributed by atoms with Crippen molar-refractivity contribution in [1.29, 1.82) is 0 Å². The van der Waals surface area contributed by atoms with Gasteiger partial charge in [0.25, 0.3) is 0 Å². The summed E-state index contributed by atoms with van der Waals surface area (Å²) in [6.07, 6.45) is 6.13. The number of terminal acetylenes is 1. The summed E-state index contributed by atoms with van der Waals surface area (Å²) < 4.78 is 0. The van der Waals surface area contributed by atoms with Crippen LogP contribution in [0.5, 0.6) is 0 Å². The van der Waals surface area contributed by atoms with Gasteiger partial charge in [-0.2, -0.15) is 0 Å². The standard InChI is InChI=1S/C15H19NO/c1-5-7-15(11(2)3)13-8-6-9-14(10-13)16-12(4)17/h1,6,8-11,15H,7H2,2-4H3,(H,16,17). The minimum Gasteiger partial charge on any atom is -0.326 e. The summed E-state index contributed by atoms with van der Waals surface area (Å²) in [7, 11) is 0. The van der Waals surface area contributed by atoms with Crippen LogP contribution in [0.1, 0.15) is 38.7 Å². The van der Waals surface area contributed by atoms with Crippen molar-refractivity contribution in [2.75, 3.05) is 5.32 Å². The molecule has 1 rings (SSSR count). The second-order valence-electron chi connectivity index (χ2n) is 4.57. The molecular formula is C15H19NO. The molecule has 1 amide bonds. The summed E-state index contributed by atoms with van der Waals surface area (Å²) in [6.45, 7) is 5.83. The molecule has 0 aromatic heterocycles. The van der Waals surface area contributed by atoms with Crippen LogP contribution >= 0.6 is 0 Å². The molecule has 0 aliphatic heterocycles. The smallest absolute Gasteiger partial charge is 0.221 e. The molecule has 1 unspecified atom stereocenters. The van der Waals surface area contributed by atoms with E-state index in [1.54, 1.807) is 0 Å². The Labute approximate surface area is 103 Å². The van der Waals surface area contributed by atoms with E-state index < -0.39 is 0 Å². The highest BCUT2D eigenvalue weighted by Crippen LogP contribution is 2.29. The van der Waals surface area contributed by atoms with E-state index in [-0.39, 0.29) is 5.91 Å². The Bertz CT molecular complexity index is 429. The first-order valence-electron chi connectivity index (χ1n) is 5.85. The number of carbonyl (C=O) groups is 1. The largest absolute Gasteiger partial charge is 0.326 e. The van der Waals surface area contributed by atoms with Gasteiger partial charge in [0.1, 0.15) is 0 Å². The normalized spacial score (nSPS) is 11.9. The molecule has 0 aliphatic rings. The monoisotopic (exact) mass is 229 g/mol. The summed E-state index contributed by atoms with van der Waals surface area (Å²) in [5, 5.41) is 2.79. The van der Waals surface area contributed by atoms with Gasteiger partial charge in [-0.1, -0.05) is 26.0 Å². The van der Waals surface area contributed by atoms with Crippen molar-refractivity contribution in [2.45, 2.75) is 33.1 Å². The van der Waals surface area contributed by atoms with Crippen molar-refractivity contribution in [3.8, 4) is 12.3 Å². The van der Waals surface area contributed by atoms with Gasteiger partial charge >= 0.3 is 0 Å². The first kappa shape index (κ1) is 13.3. The zero-order chi connectivity index (χ0) is 12.8. The lowest BCUT2D eigenvalue weighted by Gasteiger charge is -2.19. The first-order chi connectivity index (χ1) is 8.04. The van der Waals surface area contributed by atoms with Gasteiger partial charge in [0.15, 0.2) is 0 Å². The Kier molecular flexibility index (Phi) is 4.78. The molecule has 0 radical (unpaired) electrons. The lowest BCUT2D eigenvalue weighted by Crippen LogP contribution is -2.09. The van der Waals surface area contributed by atoms with Gasteiger partial charge in [-0.3, -0.25) is 4.79 Å². The van der Waals surface area contributed by atoms with Crippen molar-refractivity contribution < 1.29 is 4.79 Å². The molecule has 17 heavy (non-hydrogen) atoms. The molecule has 0 aliphatic carbocycles. The number of amides is 1. The number of carbonyl (C=O) groups excluding carboxylic acids is 1. The van der Waals surface area contributed by atoms with Crippen molar-refractivity contribution in [3.63, 3.8) is 0 Å². The van der Waals surface area contributed by atoms with E-state index in [1.807, 2.05) is 18.2 Å². The van der Waals surface area contributed by atoms with Crippen LogP contribution in [-0.2, 0) is 4.79 Å². The van der Waals surface area contributed by atoms with Crippen LogP contribution in [0.3, 0.4) is 0 Å². The zero-order valence-electron chi connectivity index (χ0n) is 10.7. The molecule has 0 saturated carbocycles. The van der Waals surface area contributed by atoms with Gasteiger partial charge in [0.2, 0.25) is 5.91 Å². The third-order valence-electron chi connectivity index (χ3n) is 2.78. The molecule has 2 heteroatoms. The second-order valence-corrected chi connectivity index (χ2v) is 4.57. The molecule has 1 aromatic rings. The van der Waals surface area contributed by atoms with Crippen LogP contribution in [0.15, 0.2) is 24.3 Å².